The second-order valence-corrected chi connectivity index (χ2v) is 7.85. The molecular formula is C15H24N4O3S. The Kier molecular flexibility index (Phi) is 5.81. The number of amides is 2. The number of sulfone groups is 1. The minimum atomic E-state index is -2.98. The number of carbonyl (C=O) groups excluding carboxylic acids is 1. The summed E-state index contributed by atoms with van der Waals surface area (Å²) in [4.78, 5) is 18.3. The van der Waals surface area contributed by atoms with Gasteiger partial charge in [0.2, 0.25) is 0 Å². The second kappa shape index (κ2) is 7.63. The van der Waals surface area contributed by atoms with Crippen LogP contribution in [0.2, 0.25) is 0 Å². The lowest BCUT2D eigenvalue weighted by molar-refractivity contribution is 0.237. The van der Waals surface area contributed by atoms with E-state index >= 15 is 0 Å². The molecule has 1 saturated heterocycles. The normalized spacial score (nSPS) is 19.3. The van der Waals surface area contributed by atoms with E-state index in [9.17, 15) is 13.2 Å². The summed E-state index contributed by atoms with van der Waals surface area (Å²) in [5, 5.41) is 5.43. The summed E-state index contributed by atoms with van der Waals surface area (Å²) in [6.07, 6.45) is 2.23. The Labute approximate surface area is 137 Å². The predicted octanol–water partition coefficient (Wildman–Crippen LogP) is 0.914. The molecule has 1 aromatic rings. The topological polar surface area (TPSA) is 91.4 Å². The van der Waals surface area contributed by atoms with Crippen LogP contribution in [0.1, 0.15) is 25.8 Å². The highest BCUT2D eigenvalue weighted by Crippen LogP contribution is 2.12. The number of hydrogen-bond donors (Lipinski definition) is 2. The molecule has 0 aliphatic carbocycles. The number of carbonyl (C=O) groups is 1. The second-order valence-electron chi connectivity index (χ2n) is 5.62. The van der Waals surface area contributed by atoms with Gasteiger partial charge in [0.1, 0.15) is 5.82 Å². The van der Waals surface area contributed by atoms with Crippen LogP contribution in [0.15, 0.2) is 18.3 Å². The first-order chi connectivity index (χ1) is 10.9. The first-order valence-corrected chi connectivity index (χ1v) is 9.70. The standard InChI is InChI=1S/C15H24N4O3S/c1-3-19(4-2)14-6-5-12(9-16-14)10-17-15(20)18-13-7-8-23(21,22)11-13/h5-6,9,13H,3-4,7-8,10-11H2,1-2H3,(H2,17,18,20)/t13-/m0/s1. The number of urea groups is 1. The third kappa shape index (κ3) is 5.09. The van der Waals surface area contributed by atoms with Gasteiger partial charge >= 0.3 is 6.03 Å². The molecule has 0 saturated carbocycles. The molecular weight excluding hydrogens is 316 g/mol. The lowest BCUT2D eigenvalue weighted by atomic mass is 10.2. The molecule has 128 valence electrons. The number of nitrogens with one attached hydrogen (secondary N) is 2. The monoisotopic (exact) mass is 340 g/mol. The fraction of sp³-hybridized carbons (Fsp3) is 0.600. The molecule has 0 radical (unpaired) electrons. The molecule has 0 spiro atoms. The van der Waals surface area contributed by atoms with Crippen LogP contribution in [0, 0.1) is 0 Å². The summed E-state index contributed by atoms with van der Waals surface area (Å²) in [5.41, 5.74) is 0.898. The molecule has 2 heterocycles. The minimum absolute atomic E-state index is 0.0283. The maximum Gasteiger partial charge on any atom is 0.315 e. The van der Waals surface area contributed by atoms with Crippen LogP contribution in [0.25, 0.3) is 0 Å². The summed E-state index contributed by atoms with van der Waals surface area (Å²) in [6, 6.07) is 3.23. The average Bonchev–Trinajstić information content (AvgIpc) is 2.86. The highest BCUT2D eigenvalue weighted by molar-refractivity contribution is 7.91. The number of aromatic nitrogens is 1. The van der Waals surface area contributed by atoms with Crippen molar-refractivity contribution in [2.45, 2.75) is 32.9 Å². The molecule has 1 aliphatic heterocycles. The van der Waals surface area contributed by atoms with E-state index in [2.05, 4.69) is 34.4 Å². The Hall–Kier alpha value is -1.83. The number of anilines is 1. The molecule has 1 aromatic heterocycles. The van der Waals surface area contributed by atoms with Gasteiger partial charge in [0.25, 0.3) is 0 Å². The summed E-state index contributed by atoms with van der Waals surface area (Å²) in [5.74, 6) is 1.09. The van der Waals surface area contributed by atoms with Crippen molar-refractivity contribution in [2.24, 2.45) is 0 Å². The lowest BCUT2D eigenvalue weighted by Crippen LogP contribution is -2.42. The number of hydrogen-bond acceptors (Lipinski definition) is 5. The molecule has 1 aliphatic rings. The van der Waals surface area contributed by atoms with Crippen LogP contribution in [0.5, 0.6) is 0 Å². The number of nitrogens with zero attached hydrogens (tertiary/aromatic N) is 2. The van der Waals surface area contributed by atoms with Gasteiger partial charge in [0, 0.05) is 31.9 Å². The Morgan fingerprint density at radius 1 is 1.35 bits per heavy atom. The zero-order valence-electron chi connectivity index (χ0n) is 13.6. The fourth-order valence-corrected chi connectivity index (χ4v) is 4.26. The van der Waals surface area contributed by atoms with Gasteiger partial charge in [-0.15, -0.1) is 0 Å². The smallest absolute Gasteiger partial charge is 0.315 e. The summed E-state index contributed by atoms with van der Waals surface area (Å²) in [6.45, 7) is 6.31. The third-order valence-corrected chi connectivity index (χ3v) is 5.69. The quantitative estimate of drug-likeness (QED) is 0.803. The van der Waals surface area contributed by atoms with E-state index in [1.165, 1.54) is 0 Å². The van der Waals surface area contributed by atoms with E-state index in [0.717, 1.165) is 24.5 Å². The Bertz CT molecular complexity index is 627. The van der Waals surface area contributed by atoms with Crippen LogP contribution in [-0.4, -0.2) is 50.1 Å². The van der Waals surface area contributed by atoms with Gasteiger partial charge in [-0.05, 0) is 31.9 Å². The molecule has 8 heteroatoms. The van der Waals surface area contributed by atoms with E-state index in [-0.39, 0.29) is 23.6 Å². The van der Waals surface area contributed by atoms with Crippen molar-refractivity contribution < 1.29 is 13.2 Å². The lowest BCUT2D eigenvalue weighted by Gasteiger charge is -2.19. The van der Waals surface area contributed by atoms with Crippen molar-refractivity contribution in [3.63, 3.8) is 0 Å². The molecule has 1 atom stereocenters. The van der Waals surface area contributed by atoms with E-state index < -0.39 is 9.84 Å². The van der Waals surface area contributed by atoms with Gasteiger partial charge in [0.15, 0.2) is 9.84 Å². The Morgan fingerprint density at radius 2 is 2.09 bits per heavy atom. The van der Waals surface area contributed by atoms with E-state index in [1.807, 2.05) is 12.1 Å². The Balaban J connectivity index is 1.80. The van der Waals surface area contributed by atoms with Crippen molar-refractivity contribution in [1.82, 2.24) is 15.6 Å². The number of pyridine rings is 1. The van der Waals surface area contributed by atoms with Gasteiger partial charge in [-0.1, -0.05) is 6.07 Å². The summed E-state index contributed by atoms with van der Waals surface area (Å²) >= 11 is 0. The largest absolute Gasteiger partial charge is 0.357 e. The molecule has 1 fully saturated rings. The highest BCUT2D eigenvalue weighted by Gasteiger charge is 2.28. The van der Waals surface area contributed by atoms with Crippen molar-refractivity contribution >= 4 is 21.7 Å². The molecule has 7 nitrogen and oxygen atoms in total. The number of rotatable bonds is 6. The van der Waals surface area contributed by atoms with Crippen molar-refractivity contribution in [3.8, 4) is 0 Å². The average molecular weight is 340 g/mol. The summed E-state index contributed by atoms with van der Waals surface area (Å²) in [7, 11) is -2.98. The van der Waals surface area contributed by atoms with Crippen LogP contribution in [-0.2, 0) is 16.4 Å². The first-order valence-electron chi connectivity index (χ1n) is 7.88. The maximum atomic E-state index is 11.8. The van der Waals surface area contributed by atoms with Crippen LogP contribution >= 0.6 is 0 Å². The van der Waals surface area contributed by atoms with E-state index in [4.69, 9.17) is 0 Å². The zero-order chi connectivity index (χ0) is 16.9. The molecule has 0 unspecified atom stereocenters. The van der Waals surface area contributed by atoms with Crippen molar-refractivity contribution in [2.75, 3.05) is 29.5 Å². The minimum Gasteiger partial charge on any atom is -0.357 e. The summed E-state index contributed by atoms with van der Waals surface area (Å²) < 4.78 is 22.7. The zero-order valence-corrected chi connectivity index (χ0v) is 14.4. The fourth-order valence-electron chi connectivity index (χ4n) is 2.58. The third-order valence-electron chi connectivity index (χ3n) is 3.92. The first kappa shape index (κ1) is 17.5. The highest BCUT2D eigenvalue weighted by atomic mass is 32.2. The molecule has 2 rings (SSSR count). The molecule has 2 N–H and O–H groups in total. The molecule has 23 heavy (non-hydrogen) atoms. The van der Waals surface area contributed by atoms with Crippen LogP contribution < -0.4 is 15.5 Å². The van der Waals surface area contributed by atoms with Gasteiger partial charge in [-0.3, -0.25) is 0 Å². The maximum absolute atomic E-state index is 11.8. The van der Waals surface area contributed by atoms with E-state index in [0.29, 0.717) is 13.0 Å². The molecule has 0 aromatic carbocycles. The SMILES string of the molecule is CCN(CC)c1ccc(CNC(=O)N[C@H]2CCS(=O)(=O)C2)cn1. The molecule has 2 amide bonds. The van der Waals surface area contributed by atoms with E-state index in [1.54, 1.807) is 6.20 Å². The van der Waals surface area contributed by atoms with Crippen LogP contribution in [0.3, 0.4) is 0 Å². The van der Waals surface area contributed by atoms with Crippen LogP contribution in [0.4, 0.5) is 10.6 Å². The van der Waals surface area contributed by atoms with Crippen molar-refractivity contribution in [3.05, 3.63) is 23.9 Å². The Morgan fingerprint density at radius 3 is 2.61 bits per heavy atom. The van der Waals surface area contributed by atoms with Crippen molar-refractivity contribution in [1.29, 1.82) is 0 Å². The van der Waals surface area contributed by atoms with Gasteiger partial charge in [-0.25, -0.2) is 18.2 Å². The van der Waals surface area contributed by atoms with Gasteiger partial charge in [-0.2, -0.15) is 0 Å². The van der Waals surface area contributed by atoms with Gasteiger partial charge in [0.05, 0.1) is 11.5 Å². The predicted molar refractivity (Wildman–Crippen MR) is 90.2 cm³/mol. The van der Waals surface area contributed by atoms with Gasteiger partial charge < -0.3 is 15.5 Å². The molecule has 0 bridgehead atoms.